The zero-order valence-corrected chi connectivity index (χ0v) is 10.4. The summed E-state index contributed by atoms with van der Waals surface area (Å²) in [5.41, 5.74) is 0.363. The van der Waals surface area contributed by atoms with E-state index in [2.05, 4.69) is 6.07 Å². The summed E-state index contributed by atoms with van der Waals surface area (Å²) in [6.45, 7) is 3.76. The lowest BCUT2D eigenvalue weighted by Gasteiger charge is -2.22. The number of ether oxygens (including phenoxy) is 1. The predicted octanol–water partition coefficient (Wildman–Crippen LogP) is 3.29. The van der Waals surface area contributed by atoms with Gasteiger partial charge in [0.05, 0.1) is 12.5 Å². The molecule has 2 aromatic carbocycles. The van der Waals surface area contributed by atoms with Crippen LogP contribution in [0.1, 0.15) is 19.4 Å². The highest BCUT2D eigenvalue weighted by molar-refractivity contribution is 5.87. The van der Waals surface area contributed by atoms with Crippen molar-refractivity contribution in [2.45, 2.75) is 19.3 Å². The Balaban J connectivity index is 2.53. The van der Waals surface area contributed by atoms with E-state index in [1.165, 1.54) is 12.5 Å². The van der Waals surface area contributed by atoms with Crippen LogP contribution in [0.4, 0.5) is 0 Å². The van der Waals surface area contributed by atoms with Crippen molar-refractivity contribution < 1.29 is 9.53 Å². The first-order valence-electron chi connectivity index (χ1n) is 5.63. The number of carbonyl (C=O) groups excluding carboxylic acids is 1. The van der Waals surface area contributed by atoms with Gasteiger partial charge in [-0.1, -0.05) is 42.5 Å². The van der Waals surface area contributed by atoms with Gasteiger partial charge in [-0.2, -0.15) is 0 Å². The van der Waals surface area contributed by atoms with Crippen molar-refractivity contribution in [1.29, 1.82) is 0 Å². The Kier molecular flexibility index (Phi) is 2.88. The Morgan fingerprint density at radius 2 is 1.71 bits per heavy atom. The first-order chi connectivity index (χ1) is 8.05. The molecular weight excluding hydrogens is 212 g/mol. The van der Waals surface area contributed by atoms with E-state index in [9.17, 15) is 4.79 Å². The number of fused-ring (bicyclic) bond motifs is 1. The molecule has 0 atom stereocenters. The summed E-state index contributed by atoms with van der Waals surface area (Å²) < 4.78 is 4.84. The molecule has 2 nitrogen and oxygen atoms in total. The highest BCUT2D eigenvalue weighted by Crippen LogP contribution is 2.27. The molecule has 0 saturated carbocycles. The Hall–Kier alpha value is -1.83. The third-order valence-electron chi connectivity index (χ3n) is 3.17. The van der Waals surface area contributed by atoms with Gasteiger partial charge in [-0.15, -0.1) is 0 Å². The fourth-order valence-electron chi connectivity index (χ4n) is 1.95. The lowest BCUT2D eigenvalue weighted by molar-refractivity contribution is -0.146. The topological polar surface area (TPSA) is 26.3 Å². The first kappa shape index (κ1) is 11.6. The fraction of sp³-hybridized carbons (Fsp3) is 0.267. The van der Waals surface area contributed by atoms with Crippen LogP contribution in [0.3, 0.4) is 0 Å². The molecule has 0 fully saturated rings. The van der Waals surface area contributed by atoms with Gasteiger partial charge >= 0.3 is 5.97 Å². The number of hydrogen-bond acceptors (Lipinski definition) is 2. The number of benzene rings is 2. The third kappa shape index (κ3) is 2.03. The van der Waals surface area contributed by atoms with Crippen LogP contribution in [-0.2, 0) is 14.9 Å². The normalized spacial score (nSPS) is 11.5. The molecule has 0 spiro atoms. The molecule has 0 saturated heterocycles. The zero-order chi connectivity index (χ0) is 12.5. The molecule has 2 heteroatoms. The van der Waals surface area contributed by atoms with Crippen LogP contribution in [0.5, 0.6) is 0 Å². The number of esters is 1. The van der Waals surface area contributed by atoms with Crippen molar-refractivity contribution in [2.75, 3.05) is 7.11 Å². The smallest absolute Gasteiger partial charge is 0.315 e. The maximum absolute atomic E-state index is 11.7. The molecular formula is C15H16O2. The molecule has 0 radical (unpaired) electrons. The van der Waals surface area contributed by atoms with Crippen LogP contribution in [0, 0.1) is 0 Å². The van der Waals surface area contributed by atoms with Gasteiger partial charge < -0.3 is 4.74 Å². The fourth-order valence-corrected chi connectivity index (χ4v) is 1.95. The van der Waals surface area contributed by atoms with Crippen LogP contribution in [0.15, 0.2) is 42.5 Å². The van der Waals surface area contributed by atoms with E-state index in [4.69, 9.17) is 4.74 Å². The second-order valence-electron chi connectivity index (χ2n) is 4.68. The van der Waals surface area contributed by atoms with Crippen molar-refractivity contribution in [1.82, 2.24) is 0 Å². The van der Waals surface area contributed by atoms with Gasteiger partial charge in [-0.3, -0.25) is 4.79 Å². The van der Waals surface area contributed by atoms with Crippen LogP contribution in [-0.4, -0.2) is 13.1 Å². The van der Waals surface area contributed by atoms with Gasteiger partial charge in [-0.05, 0) is 30.2 Å². The Morgan fingerprint density at radius 1 is 1.06 bits per heavy atom. The third-order valence-corrected chi connectivity index (χ3v) is 3.17. The molecule has 88 valence electrons. The SMILES string of the molecule is COC(=O)C(C)(C)c1ccc2ccccc2c1. The molecule has 0 unspecified atom stereocenters. The maximum Gasteiger partial charge on any atom is 0.315 e. The van der Waals surface area contributed by atoms with Gasteiger partial charge in [0.15, 0.2) is 0 Å². The minimum atomic E-state index is -0.612. The van der Waals surface area contributed by atoms with E-state index < -0.39 is 5.41 Å². The van der Waals surface area contributed by atoms with Crippen molar-refractivity contribution in [3.8, 4) is 0 Å². The van der Waals surface area contributed by atoms with Crippen LogP contribution in [0.25, 0.3) is 10.8 Å². The second-order valence-corrected chi connectivity index (χ2v) is 4.68. The van der Waals surface area contributed by atoms with Crippen molar-refractivity contribution >= 4 is 16.7 Å². The Morgan fingerprint density at radius 3 is 2.35 bits per heavy atom. The molecule has 0 aliphatic carbocycles. The average Bonchev–Trinajstić information content (AvgIpc) is 2.37. The summed E-state index contributed by atoms with van der Waals surface area (Å²) in [7, 11) is 1.42. The van der Waals surface area contributed by atoms with E-state index >= 15 is 0 Å². The van der Waals surface area contributed by atoms with E-state index in [0.29, 0.717) is 0 Å². The number of carbonyl (C=O) groups is 1. The second kappa shape index (κ2) is 4.21. The summed E-state index contributed by atoms with van der Waals surface area (Å²) in [4.78, 5) is 11.7. The van der Waals surface area contributed by atoms with Crippen LogP contribution < -0.4 is 0 Å². The van der Waals surface area contributed by atoms with Gasteiger partial charge in [-0.25, -0.2) is 0 Å². The molecule has 0 N–H and O–H groups in total. The van der Waals surface area contributed by atoms with Gasteiger partial charge in [0.2, 0.25) is 0 Å². The van der Waals surface area contributed by atoms with Gasteiger partial charge in [0, 0.05) is 0 Å². The predicted molar refractivity (Wildman–Crippen MR) is 69.0 cm³/mol. The molecule has 0 amide bonds. The molecule has 0 aliphatic rings. The Labute approximate surface area is 101 Å². The number of hydrogen-bond donors (Lipinski definition) is 0. The van der Waals surface area contributed by atoms with Crippen LogP contribution in [0.2, 0.25) is 0 Å². The van der Waals surface area contributed by atoms with E-state index in [-0.39, 0.29) is 5.97 Å². The van der Waals surface area contributed by atoms with Gasteiger partial charge in [0.25, 0.3) is 0 Å². The summed E-state index contributed by atoms with van der Waals surface area (Å²) in [5, 5.41) is 2.32. The zero-order valence-electron chi connectivity index (χ0n) is 10.4. The first-order valence-corrected chi connectivity index (χ1v) is 5.63. The minimum Gasteiger partial charge on any atom is -0.468 e. The highest BCUT2D eigenvalue weighted by Gasteiger charge is 2.30. The molecule has 17 heavy (non-hydrogen) atoms. The standard InChI is InChI=1S/C15H16O2/c1-15(2,14(16)17-3)13-9-8-11-6-4-5-7-12(11)10-13/h4-10H,1-3H3. The molecule has 0 bridgehead atoms. The van der Waals surface area contributed by atoms with E-state index in [0.717, 1.165) is 10.9 Å². The molecule has 0 heterocycles. The van der Waals surface area contributed by atoms with Gasteiger partial charge in [0.1, 0.15) is 0 Å². The average molecular weight is 228 g/mol. The lowest BCUT2D eigenvalue weighted by Crippen LogP contribution is -2.30. The highest BCUT2D eigenvalue weighted by atomic mass is 16.5. The number of rotatable bonds is 2. The van der Waals surface area contributed by atoms with E-state index in [1.54, 1.807) is 0 Å². The summed E-state index contributed by atoms with van der Waals surface area (Å²) in [5.74, 6) is -0.215. The molecule has 2 rings (SSSR count). The summed E-state index contributed by atoms with van der Waals surface area (Å²) in [6.07, 6.45) is 0. The summed E-state index contributed by atoms with van der Waals surface area (Å²) >= 11 is 0. The van der Waals surface area contributed by atoms with Crippen molar-refractivity contribution in [3.63, 3.8) is 0 Å². The number of methoxy groups -OCH3 is 1. The minimum absolute atomic E-state index is 0.215. The van der Waals surface area contributed by atoms with E-state index in [1.807, 2.05) is 50.2 Å². The quantitative estimate of drug-likeness (QED) is 0.737. The summed E-state index contributed by atoms with van der Waals surface area (Å²) in [6, 6.07) is 14.2. The Bertz CT molecular complexity index is 556. The van der Waals surface area contributed by atoms with Crippen LogP contribution >= 0.6 is 0 Å². The lowest BCUT2D eigenvalue weighted by atomic mass is 9.84. The maximum atomic E-state index is 11.7. The van der Waals surface area contributed by atoms with Crippen molar-refractivity contribution in [2.24, 2.45) is 0 Å². The molecule has 0 aliphatic heterocycles. The largest absolute Gasteiger partial charge is 0.468 e. The monoisotopic (exact) mass is 228 g/mol. The molecule has 0 aromatic heterocycles. The van der Waals surface area contributed by atoms with Crippen molar-refractivity contribution in [3.05, 3.63) is 48.0 Å². The molecule has 2 aromatic rings.